The van der Waals surface area contributed by atoms with Crippen LogP contribution < -0.4 is 14.7 Å². The number of methoxy groups -OCH3 is 1. The molecule has 130 valence electrons. The molecule has 24 heavy (non-hydrogen) atoms. The van der Waals surface area contributed by atoms with Gasteiger partial charge in [-0.05, 0) is 44.0 Å². The standard InChI is InChI=1S/C18H26N4OS/c1-14-12-24-13-17(21(14)2)20-18(22-10-4-5-11-22)19-15-6-8-16(23-3)9-7-15/h6-9,14H,4-5,10-13H2,1-3H3/p+1. The molecule has 1 unspecified atom stereocenters. The Morgan fingerprint density at radius 3 is 2.62 bits per heavy atom. The van der Waals surface area contributed by atoms with Crippen molar-refractivity contribution in [3.8, 4) is 5.75 Å². The van der Waals surface area contributed by atoms with Gasteiger partial charge in [-0.15, -0.1) is 11.8 Å². The molecule has 0 amide bonds. The number of amidine groups is 1. The topological polar surface area (TPSA) is 41.8 Å². The molecule has 0 aliphatic carbocycles. The van der Waals surface area contributed by atoms with E-state index < -0.39 is 0 Å². The average Bonchev–Trinajstić information content (AvgIpc) is 3.13. The predicted molar refractivity (Wildman–Crippen MR) is 104 cm³/mol. The first kappa shape index (κ1) is 17.1. The van der Waals surface area contributed by atoms with E-state index in [1.54, 1.807) is 7.11 Å². The van der Waals surface area contributed by atoms with Crippen molar-refractivity contribution in [3.63, 3.8) is 0 Å². The monoisotopic (exact) mass is 347 g/mol. The summed E-state index contributed by atoms with van der Waals surface area (Å²) in [5, 5.41) is 3.52. The van der Waals surface area contributed by atoms with Crippen molar-refractivity contribution in [1.82, 2.24) is 14.5 Å². The van der Waals surface area contributed by atoms with Crippen molar-refractivity contribution in [2.45, 2.75) is 25.8 Å². The first-order chi connectivity index (χ1) is 11.7. The van der Waals surface area contributed by atoms with Gasteiger partial charge in [0, 0.05) is 12.8 Å². The van der Waals surface area contributed by atoms with E-state index in [0.717, 1.165) is 42.1 Å². The van der Waals surface area contributed by atoms with Crippen LogP contribution in [-0.2, 0) is 0 Å². The largest absolute Gasteiger partial charge is 0.497 e. The van der Waals surface area contributed by atoms with Crippen LogP contribution in [0.2, 0.25) is 0 Å². The Kier molecular flexibility index (Phi) is 5.59. The van der Waals surface area contributed by atoms with Crippen LogP contribution in [0.1, 0.15) is 19.8 Å². The van der Waals surface area contributed by atoms with Gasteiger partial charge in [0.05, 0.1) is 37.7 Å². The van der Waals surface area contributed by atoms with Crippen molar-refractivity contribution in [1.29, 1.82) is 0 Å². The van der Waals surface area contributed by atoms with Gasteiger partial charge in [0.1, 0.15) is 5.75 Å². The molecule has 0 aromatic heterocycles. The van der Waals surface area contributed by atoms with E-state index in [0.29, 0.717) is 6.04 Å². The summed E-state index contributed by atoms with van der Waals surface area (Å²) in [4.78, 5) is 4.66. The lowest BCUT2D eigenvalue weighted by molar-refractivity contribution is 0.414. The lowest BCUT2D eigenvalue weighted by Crippen LogP contribution is -2.45. The zero-order valence-electron chi connectivity index (χ0n) is 14.8. The molecule has 0 bridgehead atoms. The van der Waals surface area contributed by atoms with E-state index >= 15 is 0 Å². The first-order valence-corrected chi connectivity index (χ1v) is 9.74. The van der Waals surface area contributed by atoms with Crippen molar-refractivity contribution >= 4 is 29.2 Å². The van der Waals surface area contributed by atoms with Gasteiger partial charge in [-0.3, -0.25) is 15.1 Å². The highest BCUT2D eigenvalue weighted by molar-refractivity contribution is 8.00. The smallest absolute Gasteiger partial charge is 0.401 e. The number of hydrogen-bond acceptors (Lipinski definition) is 2. The third-order valence-electron chi connectivity index (χ3n) is 4.65. The Morgan fingerprint density at radius 1 is 1.25 bits per heavy atom. The van der Waals surface area contributed by atoms with Crippen molar-refractivity contribution in [2.24, 2.45) is 0 Å². The third kappa shape index (κ3) is 4.00. The number of ether oxygens (including phenoxy) is 1. The summed E-state index contributed by atoms with van der Waals surface area (Å²) in [6.07, 6.45) is 2.47. The molecule has 2 fully saturated rings. The molecule has 2 aliphatic heterocycles. The van der Waals surface area contributed by atoms with Crippen LogP contribution in [0.15, 0.2) is 24.3 Å². The van der Waals surface area contributed by atoms with Crippen LogP contribution in [0.25, 0.3) is 0 Å². The fraction of sp³-hybridized carbons (Fsp3) is 0.556. The molecule has 1 atom stereocenters. The van der Waals surface area contributed by atoms with Crippen LogP contribution in [-0.4, -0.2) is 66.4 Å². The summed E-state index contributed by atoms with van der Waals surface area (Å²) in [6.45, 7) is 4.40. The molecule has 1 N–H and O–H groups in total. The molecule has 2 heterocycles. The van der Waals surface area contributed by atoms with Crippen LogP contribution in [0.4, 0.5) is 5.69 Å². The van der Waals surface area contributed by atoms with E-state index in [-0.39, 0.29) is 0 Å². The highest BCUT2D eigenvalue weighted by Gasteiger charge is 2.27. The second-order valence-electron chi connectivity index (χ2n) is 6.37. The van der Waals surface area contributed by atoms with Crippen LogP contribution in [0, 0.1) is 0 Å². The molecular formula is C18H27N4OS+. The number of rotatable bonds is 2. The number of hydrogen-bond donors (Lipinski definition) is 1. The molecule has 0 radical (unpaired) electrons. The number of likely N-dealkylation sites (tertiary alicyclic amines) is 1. The molecule has 2 saturated heterocycles. The highest BCUT2D eigenvalue weighted by Crippen LogP contribution is 2.17. The SMILES string of the molecule is COc1ccc(NC(=[N+]=C2CSCC(C)N2C)N2CCCC2)cc1. The normalized spacial score (nSPS) is 20.8. The summed E-state index contributed by atoms with van der Waals surface area (Å²) in [6, 6.07) is 8.56. The minimum absolute atomic E-state index is 0.531. The van der Waals surface area contributed by atoms with Gasteiger partial charge < -0.3 is 4.74 Å². The Morgan fingerprint density at radius 2 is 1.96 bits per heavy atom. The van der Waals surface area contributed by atoms with Gasteiger partial charge in [-0.25, -0.2) is 4.67 Å². The number of nitrogens with zero attached hydrogens (tertiary/aromatic N) is 3. The van der Waals surface area contributed by atoms with E-state index in [1.165, 1.54) is 18.6 Å². The summed E-state index contributed by atoms with van der Waals surface area (Å²) in [5.41, 5.74) is 1.04. The summed E-state index contributed by atoms with van der Waals surface area (Å²) in [7, 11) is 3.84. The minimum atomic E-state index is 0.531. The Hall–Kier alpha value is -1.78. The molecular weight excluding hydrogens is 320 g/mol. The van der Waals surface area contributed by atoms with Gasteiger partial charge in [0.2, 0.25) is 0 Å². The van der Waals surface area contributed by atoms with Gasteiger partial charge in [0.25, 0.3) is 5.84 Å². The lowest BCUT2D eigenvalue weighted by Gasteiger charge is -2.27. The number of guanidine groups is 1. The maximum Gasteiger partial charge on any atom is 0.401 e. The van der Waals surface area contributed by atoms with Crippen molar-refractivity contribution < 1.29 is 4.74 Å². The number of thioether (sulfide) groups is 1. The van der Waals surface area contributed by atoms with Gasteiger partial charge in [0.15, 0.2) is 0 Å². The van der Waals surface area contributed by atoms with E-state index in [4.69, 9.17) is 9.40 Å². The lowest BCUT2D eigenvalue weighted by atomic mass is 10.3. The highest BCUT2D eigenvalue weighted by atomic mass is 32.2. The average molecular weight is 348 g/mol. The van der Waals surface area contributed by atoms with Crippen molar-refractivity contribution in [3.05, 3.63) is 24.3 Å². The summed E-state index contributed by atoms with van der Waals surface area (Å²) in [5.74, 6) is 5.13. The third-order valence-corrected chi connectivity index (χ3v) is 5.83. The minimum Gasteiger partial charge on any atom is -0.497 e. The maximum atomic E-state index is 5.24. The quantitative estimate of drug-likeness (QED) is 0.504. The van der Waals surface area contributed by atoms with E-state index in [9.17, 15) is 0 Å². The number of anilines is 1. The molecule has 1 aromatic rings. The maximum absolute atomic E-state index is 5.24. The summed E-state index contributed by atoms with van der Waals surface area (Å²) < 4.78 is 10.2. The molecule has 6 heteroatoms. The van der Waals surface area contributed by atoms with Crippen LogP contribution in [0.5, 0.6) is 5.75 Å². The van der Waals surface area contributed by atoms with E-state index in [1.807, 2.05) is 36.0 Å². The second kappa shape index (κ2) is 7.86. The molecule has 2 aliphatic rings. The predicted octanol–water partition coefficient (Wildman–Crippen LogP) is 2.09. The van der Waals surface area contributed by atoms with Gasteiger partial charge >= 0.3 is 5.96 Å². The zero-order valence-corrected chi connectivity index (χ0v) is 15.6. The molecule has 1 aromatic carbocycles. The van der Waals surface area contributed by atoms with E-state index in [2.05, 4.69) is 29.1 Å². The fourth-order valence-corrected chi connectivity index (χ4v) is 4.07. The molecule has 0 spiro atoms. The van der Waals surface area contributed by atoms with Crippen LogP contribution >= 0.6 is 11.8 Å². The molecule has 5 nitrogen and oxygen atoms in total. The Bertz CT molecular complexity index is 618. The molecule has 0 saturated carbocycles. The first-order valence-electron chi connectivity index (χ1n) is 8.58. The van der Waals surface area contributed by atoms with Crippen LogP contribution in [0.3, 0.4) is 0 Å². The number of benzene rings is 1. The molecule has 3 rings (SSSR count). The Labute approximate surface area is 148 Å². The number of nitrogens with one attached hydrogen (secondary N) is 1. The fourth-order valence-electron chi connectivity index (χ4n) is 2.93. The zero-order chi connectivity index (χ0) is 16.9. The van der Waals surface area contributed by atoms with Crippen molar-refractivity contribution in [2.75, 3.05) is 44.1 Å². The van der Waals surface area contributed by atoms with Gasteiger partial charge in [-0.1, -0.05) is 0 Å². The Balaban J connectivity index is 1.89. The second-order valence-corrected chi connectivity index (χ2v) is 7.40. The summed E-state index contributed by atoms with van der Waals surface area (Å²) >= 11 is 1.96. The van der Waals surface area contributed by atoms with Gasteiger partial charge in [-0.2, -0.15) is 0 Å².